The van der Waals surface area contributed by atoms with Crippen molar-refractivity contribution in [1.82, 2.24) is 15.6 Å². The molecule has 0 atom stereocenters. The Bertz CT molecular complexity index is 2260. The van der Waals surface area contributed by atoms with E-state index in [0.717, 1.165) is 38.9 Å². The van der Waals surface area contributed by atoms with E-state index >= 15 is 4.39 Å². The Morgan fingerprint density at radius 3 is 2.17 bits per heavy atom. The Kier molecular flexibility index (Phi) is 16.0. The lowest BCUT2D eigenvalue weighted by Crippen LogP contribution is -2.22. The number of nitrogens with one attached hydrogen (secondary N) is 2. The van der Waals surface area contributed by atoms with E-state index in [1.54, 1.807) is 30.5 Å². The number of aliphatic carboxylic acids is 2. The summed E-state index contributed by atoms with van der Waals surface area (Å²) >= 11 is 6.76. The quantitative estimate of drug-likeness (QED) is 0.0495. The van der Waals surface area contributed by atoms with Gasteiger partial charge in [0.25, 0.3) is 0 Å². The van der Waals surface area contributed by atoms with Gasteiger partial charge in [0.15, 0.2) is 11.6 Å². The van der Waals surface area contributed by atoms with Gasteiger partial charge in [-0.05, 0) is 103 Å². The molecule has 1 aromatic heterocycles. The van der Waals surface area contributed by atoms with Crippen molar-refractivity contribution in [3.8, 4) is 45.6 Å². The maximum Gasteiger partial charge on any atom is 0.303 e. The number of aromatic nitrogens is 1. The number of ether oxygens (including phenoxy) is 3. The number of carboxylic acids is 2. The van der Waals surface area contributed by atoms with Gasteiger partial charge >= 0.3 is 11.9 Å². The molecule has 0 aliphatic rings. The van der Waals surface area contributed by atoms with Gasteiger partial charge in [0.2, 0.25) is 0 Å². The zero-order valence-electron chi connectivity index (χ0n) is 32.4. The first-order valence-electron chi connectivity index (χ1n) is 18.9. The van der Waals surface area contributed by atoms with Gasteiger partial charge in [-0.2, -0.15) is 5.26 Å². The van der Waals surface area contributed by atoms with Crippen LogP contribution in [0.4, 0.5) is 4.39 Å². The minimum atomic E-state index is -0.854. The molecule has 13 heteroatoms. The van der Waals surface area contributed by atoms with Crippen LogP contribution in [0, 0.1) is 31.0 Å². The third-order valence-electron chi connectivity index (χ3n) is 9.47. The van der Waals surface area contributed by atoms with Crippen LogP contribution in [0.25, 0.3) is 22.3 Å². The van der Waals surface area contributed by atoms with Gasteiger partial charge in [0.1, 0.15) is 37.4 Å². The van der Waals surface area contributed by atoms with Crippen LogP contribution in [-0.2, 0) is 29.3 Å². The van der Waals surface area contributed by atoms with Crippen molar-refractivity contribution in [2.24, 2.45) is 0 Å². The van der Waals surface area contributed by atoms with Gasteiger partial charge in [0.05, 0.1) is 10.6 Å². The largest absolute Gasteiger partial charge is 0.489 e. The molecule has 1 heterocycles. The maximum atomic E-state index is 15.2. The first-order valence-corrected chi connectivity index (χ1v) is 19.3. The number of rotatable bonds is 22. The van der Waals surface area contributed by atoms with Crippen molar-refractivity contribution < 1.29 is 38.4 Å². The molecule has 58 heavy (non-hydrogen) atoms. The average Bonchev–Trinajstić information content (AvgIpc) is 3.20. The predicted octanol–water partition coefficient (Wildman–Crippen LogP) is 8.64. The second-order valence-corrected chi connectivity index (χ2v) is 14.1. The second kappa shape index (κ2) is 21.5. The van der Waals surface area contributed by atoms with E-state index in [1.165, 1.54) is 12.3 Å². The third-order valence-corrected chi connectivity index (χ3v) is 9.76. The highest BCUT2D eigenvalue weighted by Crippen LogP contribution is 2.37. The molecule has 0 amide bonds. The molecular weight excluding hydrogens is 763 g/mol. The zero-order chi connectivity index (χ0) is 41.4. The van der Waals surface area contributed by atoms with E-state index in [1.807, 2.05) is 56.3 Å². The lowest BCUT2D eigenvalue weighted by molar-refractivity contribution is -0.138. The fourth-order valence-corrected chi connectivity index (χ4v) is 6.61. The molecule has 0 unspecified atom stereocenters. The molecule has 4 aromatic carbocycles. The first kappa shape index (κ1) is 43.1. The summed E-state index contributed by atoms with van der Waals surface area (Å²) in [5, 5.41) is 33.8. The van der Waals surface area contributed by atoms with Gasteiger partial charge in [-0.15, -0.1) is 0 Å². The van der Waals surface area contributed by atoms with Gasteiger partial charge in [-0.3, -0.25) is 14.6 Å². The van der Waals surface area contributed by atoms with Gasteiger partial charge in [0, 0.05) is 55.5 Å². The molecule has 11 nitrogen and oxygen atoms in total. The number of carbonyl (C=O) groups is 2. The molecule has 0 radical (unpaired) electrons. The summed E-state index contributed by atoms with van der Waals surface area (Å²) in [5.41, 5.74) is 8.42. The lowest BCUT2D eigenvalue weighted by atomic mass is 9.89. The Morgan fingerprint density at radius 2 is 1.45 bits per heavy atom. The minimum absolute atomic E-state index is 0.0579. The zero-order valence-corrected chi connectivity index (χ0v) is 33.2. The summed E-state index contributed by atoms with van der Waals surface area (Å²) < 4.78 is 33.4. The standard InChI is InChI=1S/C45H46ClFN4O7/c1-29-34(28-58-43-22-42(57-27-32-19-31(23-48)24-51-25-32)35(20-39(43)46)26-50-16-6-12-45(54)55)7-3-9-37(29)38-10-4-8-36(30(38)2)33-13-14-41(40(47)21-33)56-18-17-49-15-5-11-44(52)53/h3-4,7-10,13-14,19-22,24-25,49-50H,5-6,11-12,15-18,26-28H2,1-2H3,(H,52,53)(H,54,55). The Balaban J connectivity index is 1.29. The molecule has 4 N–H and O–H groups in total. The number of pyridine rings is 1. The predicted molar refractivity (Wildman–Crippen MR) is 220 cm³/mol. The summed E-state index contributed by atoms with van der Waals surface area (Å²) in [6.07, 6.45) is 4.24. The van der Waals surface area contributed by atoms with Crippen LogP contribution in [0.2, 0.25) is 5.02 Å². The minimum Gasteiger partial charge on any atom is -0.489 e. The van der Waals surface area contributed by atoms with E-state index in [4.69, 9.17) is 36.0 Å². The monoisotopic (exact) mass is 808 g/mol. The van der Waals surface area contributed by atoms with E-state index in [-0.39, 0.29) is 38.4 Å². The Hall–Kier alpha value is -6.00. The molecule has 302 valence electrons. The number of benzene rings is 4. The van der Waals surface area contributed by atoms with Crippen molar-refractivity contribution in [3.63, 3.8) is 0 Å². The summed E-state index contributed by atoms with van der Waals surface area (Å²) in [7, 11) is 0. The molecule has 5 rings (SSSR count). The van der Waals surface area contributed by atoms with Crippen LogP contribution >= 0.6 is 11.6 Å². The van der Waals surface area contributed by atoms with E-state index in [2.05, 4.69) is 21.7 Å². The number of carboxylic acid groups (broad SMARTS) is 2. The molecule has 0 spiro atoms. The van der Waals surface area contributed by atoms with Gasteiger partial charge in [-0.25, -0.2) is 4.39 Å². The lowest BCUT2D eigenvalue weighted by Gasteiger charge is -2.18. The number of nitrogens with zero attached hydrogens (tertiary/aromatic N) is 2. The summed E-state index contributed by atoms with van der Waals surface area (Å²) in [5.74, 6) is -1.08. The summed E-state index contributed by atoms with van der Waals surface area (Å²) in [4.78, 5) is 25.7. The summed E-state index contributed by atoms with van der Waals surface area (Å²) in [6, 6.07) is 24.2. The van der Waals surface area contributed by atoms with Gasteiger partial charge < -0.3 is 35.1 Å². The fraction of sp³-hybridized carbons (Fsp3) is 0.289. The number of hydrogen-bond donors (Lipinski definition) is 4. The molecule has 0 fully saturated rings. The molecule has 0 bridgehead atoms. The Morgan fingerprint density at radius 1 is 0.759 bits per heavy atom. The van der Waals surface area contributed by atoms with Gasteiger partial charge in [-0.1, -0.05) is 54.1 Å². The molecule has 0 aliphatic heterocycles. The third kappa shape index (κ3) is 12.2. The van der Waals surface area contributed by atoms with Crippen LogP contribution in [-0.4, -0.2) is 53.4 Å². The van der Waals surface area contributed by atoms with Crippen LogP contribution in [0.5, 0.6) is 17.2 Å². The van der Waals surface area contributed by atoms with Crippen molar-refractivity contribution in [2.75, 3.05) is 26.2 Å². The normalized spacial score (nSPS) is 10.9. The van der Waals surface area contributed by atoms with E-state index in [9.17, 15) is 14.9 Å². The van der Waals surface area contributed by atoms with Crippen LogP contribution in [0.3, 0.4) is 0 Å². The molecule has 5 aromatic rings. The summed E-state index contributed by atoms with van der Waals surface area (Å²) in [6.45, 7) is 6.54. The van der Waals surface area contributed by atoms with Crippen molar-refractivity contribution in [1.29, 1.82) is 5.26 Å². The molecule has 0 saturated carbocycles. The molecule has 0 saturated heterocycles. The highest BCUT2D eigenvalue weighted by Gasteiger charge is 2.16. The molecule has 0 aliphatic carbocycles. The number of nitriles is 1. The topological polar surface area (TPSA) is 163 Å². The maximum absolute atomic E-state index is 15.2. The van der Waals surface area contributed by atoms with Crippen LogP contribution in [0.1, 0.15) is 59.1 Å². The average molecular weight is 809 g/mol. The van der Waals surface area contributed by atoms with Crippen molar-refractivity contribution in [2.45, 2.75) is 59.3 Å². The number of halogens is 2. The van der Waals surface area contributed by atoms with E-state index < -0.39 is 17.8 Å². The SMILES string of the molecule is Cc1c(COc2cc(OCc3cncc(C#N)c3)c(CNCCCC(=O)O)cc2Cl)cccc1-c1cccc(-c2ccc(OCCNCCCC(=O)O)c(F)c2)c1C. The highest BCUT2D eigenvalue weighted by atomic mass is 35.5. The van der Waals surface area contributed by atoms with Crippen molar-refractivity contribution in [3.05, 3.63) is 129 Å². The van der Waals surface area contributed by atoms with E-state index in [0.29, 0.717) is 72.2 Å². The van der Waals surface area contributed by atoms with Crippen molar-refractivity contribution >= 4 is 23.5 Å². The highest BCUT2D eigenvalue weighted by molar-refractivity contribution is 6.32. The first-order chi connectivity index (χ1) is 28.0. The number of hydrogen-bond acceptors (Lipinski definition) is 9. The molecular formula is C45H46ClFN4O7. The fourth-order valence-electron chi connectivity index (χ4n) is 6.37. The van der Waals surface area contributed by atoms with Crippen LogP contribution < -0.4 is 24.8 Å². The Labute approximate surface area is 342 Å². The van der Waals surface area contributed by atoms with Crippen LogP contribution in [0.15, 0.2) is 85.2 Å². The smallest absolute Gasteiger partial charge is 0.303 e. The second-order valence-electron chi connectivity index (χ2n) is 13.6.